The van der Waals surface area contributed by atoms with Crippen molar-refractivity contribution in [3.63, 3.8) is 0 Å². The monoisotopic (exact) mass is 235 g/mol. The van der Waals surface area contributed by atoms with Gasteiger partial charge in [-0.05, 0) is 32.9 Å². The molecule has 0 aliphatic heterocycles. The molecule has 1 atom stereocenters. The highest BCUT2D eigenvalue weighted by molar-refractivity contribution is 7.80. The molecule has 0 bridgehead atoms. The standard InChI is InChI=1S/C9H17NO4S/c1-9(2,3)14-8(13)10-6(4-5-15)7(11)12/h6,15H,4-5H2,1-3H3,(H,10,13)(H,11,12)/t6-/m0/s1. The number of carbonyl (C=O) groups is 2. The van der Waals surface area contributed by atoms with Crippen LogP contribution in [0.1, 0.15) is 27.2 Å². The molecule has 0 aromatic heterocycles. The molecule has 88 valence electrons. The van der Waals surface area contributed by atoms with E-state index in [4.69, 9.17) is 9.84 Å². The van der Waals surface area contributed by atoms with Crippen molar-refractivity contribution in [2.75, 3.05) is 5.75 Å². The van der Waals surface area contributed by atoms with Gasteiger partial charge in [-0.1, -0.05) is 0 Å². The molecule has 0 rings (SSSR count). The quantitative estimate of drug-likeness (QED) is 0.642. The first-order chi connectivity index (χ1) is 6.76. The summed E-state index contributed by atoms with van der Waals surface area (Å²) in [7, 11) is 0. The maximum atomic E-state index is 11.2. The second-order valence-electron chi connectivity index (χ2n) is 4.05. The first-order valence-electron chi connectivity index (χ1n) is 4.59. The summed E-state index contributed by atoms with van der Waals surface area (Å²) < 4.78 is 4.93. The fourth-order valence-electron chi connectivity index (χ4n) is 0.836. The molecule has 2 N–H and O–H groups in total. The molecule has 0 heterocycles. The van der Waals surface area contributed by atoms with E-state index in [2.05, 4.69) is 17.9 Å². The average Bonchev–Trinajstić information content (AvgIpc) is 1.99. The van der Waals surface area contributed by atoms with Crippen LogP contribution >= 0.6 is 12.6 Å². The van der Waals surface area contributed by atoms with Crippen LogP contribution in [0.4, 0.5) is 4.79 Å². The van der Waals surface area contributed by atoms with E-state index in [0.29, 0.717) is 5.75 Å². The van der Waals surface area contributed by atoms with Gasteiger partial charge in [0.1, 0.15) is 11.6 Å². The Hall–Kier alpha value is -0.910. The second-order valence-corrected chi connectivity index (χ2v) is 4.50. The largest absolute Gasteiger partial charge is 0.480 e. The summed E-state index contributed by atoms with van der Waals surface area (Å²) in [4.78, 5) is 21.9. The summed E-state index contributed by atoms with van der Waals surface area (Å²) >= 11 is 3.91. The SMILES string of the molecule is CC(C)(C)OC(=O)N[C@@H](CCS)C(=O)O. The van der Waals surface area contributed by atoms with Gasteiger partial charge in [-0.25, -0.2) is 9.59 Å². The summed E-state index contributed by atoms with van der Waals surface area (Å²) in [5, 5.41) is 11.0. The molecule has 6 heteroatoms. The summed E-state index contributed by atoms with van der Waals surface area (Å²) in [6.07, 6.45) is -0.464. The highest BCUT2D eigenvalue weighted by atomic mass is 32.1. The Morgan fingerprint density at radius 2 is 2.00 bits per heavy atom. The minimum Gasteiger partial charge on any atom is -0.480 e. The van der Waals surface area contributed by atoms with Crippen molar-refractivity contribution in [3.05, 3.63) is 0 Å². The van der Waals surface area contributed by atoms with Crippen molar-refractivity contribution in [1.82, 2.24) is 5.32 Å². The van der Waals surface area contributed by atoms with Crippen molar-refractivity contribution in [2.45, 2.75) is 38.8 Å². The molecule has 0 saturated heterocycles. The highest BCUT2D eigenvalue weighted by Crippen LogP contribution is 2.07. The summed E-state index contributed by atoms with van der Waals surface area (Å²) in [5.41, 5.74) is -0.631. The summed E-state index contributed by atoms with van der Waals surface area (Å²) in [5.74, 6) is -0.706. The van der Waals surface area contributed by atoms with Crippen LogP contribution in [0.15, 0.2) is 0 Å². The Kier molecular flexibility index (Phi) is 5.49. The summed E-state index contributed by atoms with van der Waals surface area (Å²) in [6.45, 7) is 5.13. The molecule has 0 radical (unpaired) electrons. The number of hydrogen-bond donors (Lipinski definition) is 3. The van der Waals surface area contributed by atoms with E-state index in [1.807, 2.05) is 0 Å². The normalized spacial score (nSPS) is 13.1. The van der Waals surface area contributed by atoms with Gasteiger partial charge in [-0.3, -0.25) is 0 Å². The number of hydrogen-bond acceptors (Lipinski definition) is 4. The van der Waals surface area contributed by atoms with Crippen LogP contribution in [-0.2, 0) is 9.53 Å². The number of amides is 1. The van der Waals surface area contributed by atoms with E-state index in [1.165, 1.54) is 0 Å². The van der Waals surface area contributed by atoms with E-state index in [9.17, 15) is 9.59 Å². The molecule has 0 saturated carbocycles. The van der Waals surface area contributed by atoms with Gasteiger partial charge in [0, 0.05) is 0 Å². The van der Waals surface area contributed by atoms with Crippen LogP contribution in [0, 0.1) is 0 Å². The van der Waals surface area contributed by atoms with E-state index in [0.717, 1.165) is 0 Å². The first kappa shape index (κ1) is 14.1. The van der Waals surface area contributed by atoms with Crippen LogP contribution in [-0.4, -0.2) is 34.6 Å². The van der Waals surface area contributed by atoms with Crippen LogP contribution in [0.3, 0.4) is 0 Å². The maximum Gasteiger partial charge on any atom is 0.408 e. The zero-order valence-corrected chi connectivity index (χ0v) is 10.0. The Balaban J connectivity index is 4.18. The fraction of sp³-hybridized carbons (Fsp3) is 0.778. The number of ether oxygens (including phenoxy) is 1. The third kappa shape index (κ3) is 7.07. The Bertz CT molecular complexity index is 237. The molecule has 0 unspecified atom stereocenters. The lowest BCUT2D eigenvalue weighted by Gasteiger charge is -2.21. The van der Waals surface area contributed by atoms with Crippen LogP contribution in [0.5, 0.6) is 0 Å². The molecule has 1 amide bonds. The summed E-state index contributed by atoms with van der Waals surface area (Å²) in [6, 6.07) is -0.947. The van der Waals surface area contributed by atoms with Crippen LogP contribution in [0.2, 0.25) is 0 Å². The lowest BCUT2D eigenvalue weighted by atomic mass is 10.2. The van der Waals surface area contributed by atoms with Crippen LogP contribution < -0.4 is 5.32 Å². The fourth-order valence-corrected chi connectivity index (χ4v) is 1.09. The van der Waals surface area contributed by atoms with Gasteiger partial charge in [0.25, 0.3) is 0 Å². The number of alkyl carbamates (subject to hydrolysis) is 1. The molecule has 15 heavy (non-hydrogen) atoms. The molecule has 5 nitrogen and oxygen atoms in total. The Morgan fingerprint density at radius 1 is 1.47 bits per heavy atom. The number of nitrogens with one attached hydrogen (secondary N) is 1. The number of carbonyl (C=O) groups excluding carboxylic acids is 1. The molecule has 0 aliphatic carbocycles. The third-order valence-corrected chi connectivity index (χ3v) is 1.67. The topological polar surface area (TPSA) is 75.6 Å². The highest BCUT2D eigenvalue weighted by Gasteiger charge is 2.22. The first-order valence-corrected chi connectivity index (χ1v) is 5.22. The molecule has 0 aromatic carbocycles. The van der Waals surface area contributed by atoms with E-state index in [-0.39, 0.29) is 6.42 Å². The third-order valence-electron chi connectivity index (χ3n) is 1.41. The van der Waals surface area contributed by atoms with Crippen molar-refractivity contribution >= 4 is 24.7 Å². The number of rotatable bonds is 4. The molecule has 0 spiro atoms. The van der Waals surface area contributed by atoms with Gasteiger partial charge in [0.05, 0.1) is 0 Å². The van der Waals surface area contributed by atoms with Gasteiger partial charge >= 0.3 is 12.1 Å². The van der Waals surface area contributed by atoms with Gasteiger partial charge in [-0.15, -0.1) is 0 Å². The lowest BCUT2D eigenvalue weighted by molar-refractivity contribution is -0.139. The molecule has 0 fully saturated rings. The molecular weight excluding hydrogens is 218 g/mol. The van der Waals surface area contributed by atoms with Crippen molar-refractivity contribution in [3.8, 4) is 0 Å². The lowest BCUT2D eigenvalue weighted by Crippen LogP contribution is -2.43. The minimum atomic E-state index is -1.09. The van der Waals surface area contributed by atoms with E-state index >= 15 is 0 Å². The molecule has 0 aliphatic rings. The van der Waals surface area contributed by atoms with Crippen molar-refractivity contribution < 1.29 is 19.4 Å². The zero-order valence-electron chi connectivity index (χ0n) is 9.11. The minimum absolute atomic E-state index is 0.262. The Labute approximate surface area is 94.6 Å². The van der Waals surface area contributed by atoms with E-state index in [1.54, 1.807) is 20.8 Å². The number of carboxylic acid groups (broad SMARTS) is 1. The maximum absolute atomic E-state index is 11.2. The molecular formula is C9H17NO4S. The number of thiol groups is 1. The predicted octanol–water partition coefficient (Wildman–Crippen LogP) is 1.28. The van der Waals surface area contributed by atoms with Gasteiger partial charge in [0.2, 0.25) is 0 Å². The van der Waals surface area contributed by atoms with Crippen molar-refractivity contribution in [1.29, 1.82) is 0 Å². The van der Waals surface area contributed by atoms with Gasteiger partial charge < -0.3 is 15.2 Å². The number of aliphatic carboxylic acids is 1. The van der Waals surface area contributed by atoms with Crippen LogP contribution in [0.25, 0.3) is 0 Å². The van der Waals surface area contributed by atoms with Gasteiger partial charge in [0.15, 0.2) is 0 Å². The number of carboxylic acids is 1. The smallest absolute Gasteiger partial charge is 0.408 e. The second kappa shape index (κ2) is 5.85. The van der Waals surface area contributed by atoms with Gasteiger partial charge in [-0.2, -0.15) is 12.6 Å². The Morgan fingerprint density at radius 3 is 2.33 bits per heavy atom. The predicted molar refractivity (Wildman–Crippen MR) is 59.3 cm³/mol. The zero-order chi connectivity index (χ0) is 12.1. The van der Waals surface area contributed by atoms with E-state index < -0.39 is 23.7 Å². The average molecular weight is 235 g/mol. The van der Waals surface area contributed by atoms with Crippen molar-refractivity contribution in [2.24, 2.45) is 0 Å². The molecule has 0 aromatic rings.